The molecule has 0 bridgehead atoms. The van der Waals surface area contributed by atoms with E-state index < -0.39 is 11.6 Å². The van der Waals surface area contributed by atoms with Crippen LogP contribution in [0.5, 0.6) is 17.4 Å². The molecule has 2 aromatic rings. The quantitative estimate of drug-likeness (QED) is 0.753. The van der Waals surface area contributed by atoms with Crippen molar-refractivity contribution < 1.29 is 19.4 Å². The van der Waals surface area contributed by atoms with Crippen LogP contribution in [0.2, 0.25) is 0 Å². The van der Waals surface area contributed by atoms with Gasteiger partial charge in [0.2, 0.25) is 11.8 Å². The minimum absolute atomic E-state index is 0.0216. The highest BCUT2D eigenvalue weighted by molar-refractivity contribution is 7.71. The Morgan fingerprint density at radius 3 is 2.68 bits per heavy atom. The van der Waals surface area contributed by atoms with Crippen molar-refractivity contribution in [2.75, 3.05) is 14.2 Å². The van der Waals surface area contributed by atoms with E-state index >= 15 is 0 Å². The molecule has 3 rings (SSSR count). The Bertz CT molecular complexity index is 1090. The van der Waals surface area contributed by atoms with Crippen molar-refractivity contribution in [3.05, 3.63) is 44.5 Å². The normalized spacial score (nSPS) is 16.1. The number of nitrogens with zero attached hydrogens (tertiary/aromatic N) is 3. The molecular weight excluding hydrogens is 384 g/mol. The lowest BCUT2D eigenvalue weighted by Crippen LogP contribution is -2.24. The predicted molar refractivity (Wildman–Crippen MR) is 104 cm³/mol. The van der Waals surface area contributed by atoms with Gasteiger partial charge in [0.1, 0.15) is 17.1 Å². The van der Waals surface area contributed by atoms with E-state index in [1.54, 1.807) is 25.3 Å². The third kappa shape index (κ3) is 3.26. The summed E-state index contributed by atoms with van der Waals surface area (Å²) in [5, 5.41) is 16.0. The summed E-state index contributed by atoms with van der Waals surface area (Å²) in [6.07, 6.45) is 0.205. The number of carbonyl (C=O) groups excluding carboxylic acids is 1. The first-order chi connectivity index (χ1) is 13.3. The van der Waals surface area contributed by atoms with Crippen LogP contribution in [0.4, 0.5) is 0 Å². The van der Waals surface area contributed by atoms with Gasteiger partial charge in [-0.05, 0) is 30.4 Å². The number of rotatable bonds is 4. The monoisotopic (exact) mass is 404 g/mol. The molecule has 2 heterocycles. The van der Waals surface area contributed by atoms with Gasteiger partial charge in [0.05, 0.1) is 26.0 Å². The Balaban J connectivity index is 2.13. The topological polar surface area (TPSA) is 109 Å². The lowest BCUT2D eigenvalue weighted by atomic mass is 9.98. The Morgan fingerprint density at radius 1 is 1.36 bits per heavy atom. The van der Waals surface area contributed by atoms with Crippen molar-refractivity contribution in [3.8, 4) is 17.4 Å². The number of hydrogen-bond acceptors (Lipinski definition) is 7. The Kier molecular flexibility index (Phi) is 5.23. The fourth-order valence-electron chi connectivity index (χ4n) is 3.16. The fourth-order valence-corrected chi connectivity index (χ4v) is 3.34. The van der Waals surface area contributed by atoms with Gasteiger partial charge < -0.3 is 14.6 Å². The third-order valence-corrected chi connectivity index (χ3v) is 4.99. The number of carbonyl (C=O) groups is 1. The first-order valence-corrected chi connectivity index (χ1v) is 8.81. The number of aromatic nitrogens is 2. The molecule has 0 fully saturated rings. The lowest BCUT2D eigenvalue weighted by molar-refractivity contribution is -0.130. The molecule has 28 heavy (non-hydrogen) atoms. The third-order valence-electron chi connectivity index (χ3n) is 4.61. The van der Waals surface area contributed by atoms with Gasteiger partial charge in [0.15, 0.2) is 4.77 Å². The van der Waals surface area contributed by atoms with Crippen molar-refractivity contribution >= 4 is 23.8 Å². The van der Waals surface area contributed by atoms with Crippen molar-refractivity contribution in [1.82, 2.24) is 14.6 Å². The number of hydrogen-bond donors (Lipinski definition) is 2. The van der Waals surface area contributed by atoms with Crippen LogP contribution in [0.3, 0.4) is 0 Å². The number of H-pyrrole nitrogens is 1. The zero-order chi connectivity index (χ0) is 20.6. The summed E-state index contributed by atoms with van der Waals surface area (Å²) in [5.41, 5.74) is 0.359. The second-order valence-corrected chi connectivity index (χ2v) is 6.64. The van der Waals surface area contributed by atoms with Crippen molar-refractivity contribution in [2.24, 2.45) is 12.1 Å². The number of nitrogens with one attached hydrogen (secondary N) is 1. The zero-order valence-corrected chi connectivity index (χ0v) is 16.7. The minimum Gasteiger partial charge on any atom is -0.497 e. The first-order valence-electron chi connectivity index (χ1n) is 8.40. The molecule has 1 aromatic carbocycles. The van der Waals surface area contributed by atoms with Gasteiger partial charge in [-0.2, -0.15) is 5.10 Å². The van der Waals surface area contributed by atoms with Gasteiger partial charge in [0.25, 0.3) is 5.56 Å². The fraction of sp³-hybridized carbons (Fsp3) is 0.333. The molecule has 0 saturated heterocycles. The van der Waals surface area contributed by atoms with Crippen LogP contribution in [-0.2, 0) is 11.8 Å². The molecule has 9 nitrogen and oxygen atoms in total. The summed E-state index contributed by atoms with van der Waals surface area (Å²) < 4.78 is 12.1. The number of ether oxygens (including phenoxy) is 2. The SMILES string of the molecule is COc1ccc(OC)c([C@@H]2CC(c3c(O)n(C)c(=S)[nH]c3=O)=NN2C(C)=O)c1. The Morgan fingerprint density at radius 2 is 2.07 bits per heavy atom. The van der Waals surface area contributed by atoms with Crippen LogP contribution in [-0.4, -0.2) is 45.5 Å². The smallest absolute Gasteiger partial charge is 0.264 e. The van der Waals surface area contributed by atoms with E-state index in [2.05, 4.69) is 10.1 Å². The van der Waals surface area contributed by atoms with Gasteiger partial charge in [-0.25, -0.2) is 5.01 Å². The zero-order valence-electron chi connectivity index (χ0n) is 15.8. The van der Waals surface area contributed by atoms with Gasteiger partial charge in [-0.15, -0.1) is 0 Å². The average Bonchev–Trinajstić information content (AvgIpc) is 3.10. The van der Waals surface area contributed by atoms with E-state index in [1.165, 1.54) is 30.7 Å². The molecule has 0 radical (unpaired) electrons. The molecule has 148 valence electrons. The van der Waals surface area contributed by atoms with Crippen LogP contribution >= 0.6 is 12.2 Å². The van der Waals surface area contributed by atoms with Gasteiger partial charge in [-0.3, -0.25) is 19.1 Å². The van der Waals surface area contributed by atoms with Gasteiger partial charge in [0, 0.05) is 26.0 Å². The van der Waals surface area contributed by atoms with Crippen LogP contribution < -0.4 is 15.0 Å². The summed E-state index contributed by atoms with van der Waals surface area (Å²) in [5.74, 6) is 0.521. The van der Waals surface area contributed by atoms with Gasteiger partial charge in [-0.1, -0.05) is 0 Å². The molecule has 0 aliphatic carbocycles. The molecule has 1 aliphatic heterocycles. The molecule has 1 aliphatic rings. The van der Waals surface area contributed by atoms with Crippen molar-refractivity contribution in [2.45, 2.75) is 19.4 Å². The molecule has 0 spiro atoms. The molecule has 10 heteroatoms. The molecule has 1 aromatic heterocycles. The highest BCUT2D eigenvalue weighted by atomic mass is 32.1. The van der Waals surface area contributed by atoms with E-state index in [0.29, 0.717) is 17.1 Å². The number of aromatic hydroxyl groups is 1. The summed E-state index contributed by atoms with van der Waals surface area (Å²) in [7, 11) is 4.59. The van der Waals surface area contributed by atoms with E-state index in [1.807, 2.05) is 0 Å². The largest absolute Gasteiger partial charge is 0.497 e. The summed E-state index contributed by atoms with van der Waals surface area (Å²) in [6, 6.07) is 4.72. The average molecular weight is 404 g/mol. The van der Waals surface area contributed by atoms with Crippen LogP contribution in [0.25, 0.3) is 0 Å². The maximum Gasteiger partial charge on any atom is 0.264 e. The number of methoxy groups -OCH3 is 2. The summed E-state index contributed by atoms with van der Waals surface area (Å²) in [6.45, 7) is 1.38. The standard InChI is InChI=1S/C18H20N4O5S/c1-9(23)22-13(11-7-10(26-3)5-6-14(11)27-4)8-12(20-22)15-16(24)19-18(28)21(2)17(15)25/h5-7,13,25H,8H2,1-4H3,(H,19,24,28)/t13-/m0/s1. The lowest BCUT2D eigenvalue weighted by Gasteiger charge is -2.22. The minimum atomic E-state index is -0.568. The molecule has 1 amide bonds. The molecular formula is C18H20N4O5S. The van der Waals surface area contributed by atoms with Gasteiger partial charge >= 0.3 is 0 Å². The summed E-state index contributed by atoms with van der Waals surface area (Å²) in [4.78, 5) is 27.1. The van der Waals surface area contributed by atoms with Crippen molar-refractivity contribution in [3.63, 3.8) is 0 Å². The Hall–Kier alpha value is -3.14. The number of hydrazone groups is 1. The maximum absolute atomic E-state index is 12.4. The van der Waals surface area contributed by atoms with E-state index in [9.17, 15) is 14.7 Å². The van der Waals surface area contributed by atoms with Crippen LogP contribution in [0, 0.1) is 4.77 Å². The van der Waals surface area contributed by atoms with E-state index in [0.717, 1.165) is 0 Å². The maximum atomic E-state index is 12.4. The Labute approximate surface area is 165 Å². The number of amides is 1. The summed E-state index contributed by atoms with van der Waals surface area (Å²) >= 11 is 5.00. The molecule has 1 atom stereocenters. The first kappa shape index (κ1) is 19.6. The highest BCUT2D eigenvalue weighted by Gasteiger charge is 2.35. The van der Waals surface area contributed by atoms with Crippen LogP contribution in [0.1, 0.15) is 30.5 Å². The van der Waals surface area contributed by atoms with E-state index in [4.69, 9.17) is 21.7 Å². The second-order valence-electron chi connectivity index (χ2n) is 6.25. The number of benzene rings is 1. The number of aromatic amines is 1. The highest BCUT2D eigenvalue weighted by Crippen LogP contribution is 2.39. The predicted octanol–water partition coefficient (Wildman–Crippen LogP) is 1.86. The molecule has 0 unspecified atom stereocenters. The molecule has 2 N–H and O–H groups in total. The van der Waals surface area contributed by atoms with E-state index in [-0.39, 0.29) is 34.3 Å². The van der Waals surface area contributed by atoms with Crippen LogP contribution in [0.15, 0.2) is 28.1 Å². The molecule has 0 saturated carbocycles. The second kappa shape index (κ2) is 7.47. The van der Waals surface area contributed by atoms with Crippen molar-refractivity contribution in [1.29, 1.82) is 0 Å².